The van der Waals surface area contributed by atoms with E-state index in [4.69, 9.17) is 5.26 Å². The zero-order valence-corrected chi connectivity index (χ0v) is 8.24. The van der Waals surface area contributed by atoms with Crippen molar-refractivity contribution in [1.82, 2.24) is 0 Å². The van der Waals surface area contributed by atoms with Crippen molar-refractivity contribution in [2.24, 2.45) is 5.92 Å². The quantitative estimate of drug-likeness (QED) is 0.656. The molecule has 1 aromatic carbocycles. The first-order valence-electron chi connectivity index (χ1n) is 5.22. The molecule has 0 heterocycles. The number of benzene rings is 1. The van der Waals surface area contributed by atoms with Crippen molar-refractivity contribution in [2.45, 2.75) is 25.7 Å². The van der Waals surface area contributed by atoms with Crippen LogP contribution in [0.25, 0.3) is 0 Å². The van der Waals surface area contributed by atoms with Crippen LogP contribution in [0.4, 0.5) is 0 Å². The van der Waals surface area contributed by atoms with E-state index in [1.807, 2.05) is 18.2 Å². The zero-order valence-electron chi connectivity index (χ0n) is 8.24. The summed E-state index contributed by atoms with van der Waals surface area (Å²) in [7, 11) is 0. The van der Waals surface area contributed by atoms with Crippen LogP contribution in [0.5, 0.6) is 0 Å². The lowest BCUT2D eigenvalue weighted by Crippen LogP contribution is -2.16. The molecule has 1 aromatic rings. The fraction of sp³-hybridized carbons (Fsp3) is 0.385. The first kappa shape index (κ1) is 9.27. The van der Waals surface area contributed by atoms with Crippen LogP contribution in [0.15, 0.2) is 30.3 Å². The third-order valence-corrected chi connectivity index (χ3v) is 2.91. The lowest BCUT2D eigenvalue weighted by molar-refractivity contribution is 0.477. The van der Waals surface area contributed by atoms with Crippen LogP contribution in [-0.2, 0) is 0 Å². The lowest BCUT2D eigenvalue weighted by Gasteiger charge is -2.26. The van der Waals surface area contributed by atoms with E-state index >= 15 is 0 Å². The minimum absolute atomic E-state index is 0.158. The fourth-order valence-electron chi connectivity index (χ4n) is 2.15. The summed E-state index contributed by atoms with van der Waals surface area (Å²) in [5.41, 5.74) is 1.26. The van der Waals surface area contributed by atoms with Crippen molar-refractivity contribution >= 4 is 0 Å². The molecule has 71 valence electrons. The van der Waals surface area contributed by atoms with Crippen molar-refractivity contribution in [2.75, 3.05) is 0 Å². The highest BCUT2D eigenvalue weighted by atomic mass is 14.3. The molecule has 1 unspecified atom stereocenters. The van der Waals surface area contributed by atoms with Gasteiger partial charge in [0.1, 0.15) is 0 Å². The van der Waals surface area contributed by atoms with Gasteiger partial charge in [-0.2, -0.15) is 5.26 Å². The monoisotopic (exact) mass is 184 g/mol. The molecule has 0 amide bonds. The first-order valence-corrected chi connectivity index (χ1v) is 5.22. The Labute approximate surface area is 85.4 Å². The summed E-state index contributed by atoms with van der Waals surface area (Å²) < 4.78 is 0. The largest absolute Gasteiger partial charge is 0.198 e. The molecule has 1 aliphatic carbocycles. The highest BCUT2D eigenvalue weighted by molar-refractivity contribution is 5.34. The van der Waals surface area contributed by atoms with Gasteiger partial charge in [0, 0.05) is 5.92 Å². The van der Waals surface area contributed by atoms with Crippen LogP contribution >= 0.6 is 0 Å². The molecule has 2 rings (SSSR count). The Kier molecular flexibility index (Phi) is 2.84. The van der Waals surface area contributed by atoms with E-state index in [0.29, 0.717) is 0 Å². The van der Waals surface area contributed by atoms with Gasteiger partial charge in [-0.15, -0.1) is 0 Å². The van der Waals surface area contributed by atoms with Crippen LogP contribution in [-0.4, -0.2) is 0 Å². The Bertz CT molecular complexity index is 323. The van der Waals surface area contributed by atoms with Crippen molar-refractivity contribution in [1.29, 1.82) is 5.26 Å². The van der Waals surface area contributed by atoms with E-state index in [1.165, 1.54) is 24.3 Å². The Morgan fingerprint density at radius 3 is 2.64 bits per heavy atom. The standard InChI is InChI=1S/C13H14N/c14-10-12-8-4-5-9-13(12)11-6-2-1-3-7-11/h1-3,6-7,12H,4-5,8-9H2. The van der Waals surface area contributed by atoms with Gasteiger partial charge in [-0.1, -0.05) is 43.2 Å². The van der Waals surface area contributed by atoms with E-state index in [0.717, 1.165) is 12.8 Å². The summed E-state index contributed by atoms with van der Waals surface area (Å²) in [6.07, 6.45) is 4.58. The van der Waals surface area contributed by atoms with Crippen LogP contribution in [0, 0.1) is 23.2 Å². The van der Waals surface area contributed by atoms with E-state index < -0.39 is 0 Å². The Hall–Kier alpha value is -1.29. The fourth-order valence-corrected chi connectivity index (χ4v) is 2.15. The Morgan fingerprint density at radius 1 is 1.14 bits per heavy atom. The molecule has 0 bridgehead atoms. The number of hydrogen-bond donors (Lipinski definition) is 0. The van der Waals surface area contributed by atoms with E-state index in [1.54, 1.807) is 0 Å². The number of nitrogens with zero attached hydrogens (tertiary/aromatic N) is 1. The minimum Gasteiger partial charge on any atom is -0.198 e. The van der Waals surface area contributed by atoms with Gasteiger partial charge >= 0.3 is 0 Å². The summed E-state index contributed by atoms with van der Waals surface area (Å²) in [4.78, 5) is 0. The van der Waals surface area contributed by atoms with Gasteiger partial charge in [-0.3, -0.25) is 0 Å². The summed E-state index contributed by atoms with van der Waals surface area (Å²) >= 11 is 0. The molecule has 1 nitrogen and oxygen atoms in total. The summed E-state index contributed by atoms with van der Waals surface area (Å²) in [5, 5.41) is 9.05. The first-order chi connectivity index (χ1) is 6.92. The average Bonchev–Trinajstić information content (AvgIpc) is 2.30. The van der Waals surface area contributed by atoms with Crippen molar-refractivity contribution < 1.29 is 0 Å². The normalized spacial score (nSPS) is 22.9. The Balaban J connectivity index is 2.20. The van der Waals surface area contributed by atoms with Crippen LogP contribution in [0.1, 0.15) is 31.2 Å². The van der Waals surface area contributed by atoms with E-state index in [-0.39, 0.29) is 5.92 Å². The van der Waals surface area contributed by atoms with Gasteiger partial charge in [0.15, 0.2) is 0 Å². The second-order valence-corrected chi connectivity index (χ2v) is 3.82. The van der Waals surface area contributed by atoms with E-state index in [9.17, 15) is 0 Å². The maximum atomic E-state index is 9.05. The molecule has 1 atom stereocenters. The number of nitriles is 1. The molecule has 1 saturated carbocycles. The maximum absolute atomic E-state index is 9.05. The molecule has 0 aromatic heterocycles. The molecule has 0 aliphatic heterocycles. The molecule has 0 N–H and O–H groups in total. The van der Waals surface area contributed by atoms with Gasteiger partial charge in [0.05, 0.1) is 12.0 Å². The predicted octanol–water partition coefficient (Wildman–Crippen LogP) is 3.32. The topological polar surface area (TPSA) is 23.8 Å². The summed E-state index contributed by atoms with van der Waals surface area (Å²) in [6, 6.07) is 12.8. The molecule has 0 spiro atoms. The maximum Gasteiger partial charge on any atom is 0.0665 e. The second kappa shape index (κ2) is 4.28. The highest BCUT2D eigenvalue weighted by Crippen LogP contribution is 2.36. The summed E-state index contributed by atoms with van der Waals surface area (Å²) in [6.45, 7) is 0. The SMILES string of the molecule is N#CC1CCCC[C]1c1ccccc1. The Morgan fingerprint density at radius 2 is 1.93 bits per heavy atom. The van der Waals surface area contributed by atoms with Crippen molar-refractivity contribution in [3.8, 4) is 6.07 Å². The van der Waals surface area contributed by atoms with Gasteiger partial charge < -0.3 is 0 Å². The molecule has 1 heteroatoms. The molecule has 0 saturated heterocycles. The molecule has 14 heavy (non-hydrogen) atoms. The van der Waals surface area contributed by atoms with Crippen LogP contribution in [0.2, 0.25) is 0 Å². The van der Waals surface area contributed by atoms with Gasteiger partial charge in [-0.25, -0.2) is 0 Å². The number of rotatable bonds is 1. The van der Waals surface area contributed by atoms with Gasteiger partial charge in [0.2, 0.25) is 0 Å². The van der Waals surface area contributed by atoms with Crippen LogP contribution < -0.4 is 0 Å². The van der Waals surface area contributed by atoms with Gasteiger partial charge in [0.25, 0.3) is 0 Å². The predicted molar refractivity (Wildman–Crippen MR) is 56.4 cm³/mol. The van der Waals surface area contributed by atoms with E-state index in [2.05, 4.69) is 18.2 Å². The smallest absolute Gasteiger partial charge is 0.0665 e. The lowest BCUT2D eigenvalue weighted by atomic mass is 9.76. The highest BCUT2D eigenvalue weighted by Gasteiger charge is 2.26. The van der Waals surface area contributed by atoms with Gasteiger partial charge in [-0.05, 0) is 18.4 Å². The third kappa shape index (κ3) is 1.80. The second-order valence-electron chi connectivity index (χ2n) is 3.82. The summed E-state index contributed by atoms with van der Waals surface area (Å²) in [5.74, 6) is 1.51. The minimum atomic E-state index is 0.158. The number of hydrogen-bond acceptors (Lipinski definition) is 1. The molecule has 1 radical (unpaired) electrons. The zero-order chi connectivity index (χ0) is 9.80. The molecule has 1 aliphatic rings. The average molecular weight is 184 g/mol. The molecule has 1 fully saturated rings. The van der Waals surface area contributed by atoms with Crippen molar-refractivity contribution in [3.05, 3.63) is 41.8 Å². The van der Waals surface area contributed by atoms with Crippen molar-refractivity contribution in [3.63, 3.8) is 0 Å². The molecular weight excluding hydrogens is 170 g/mol. The van der Waals surface area contributed by atoms with Crippen LogP contribution in [0.3, 0.4) is 0 Å². The molecular formula is C13H14N. The third-order valence-electron chi connectivity index (χ3n) is 2.91.